The number of rotatable bonds is 1. The molecule has 2 aliphatic heterocycles. The molecule has 2 heterocycles. The van der Waals surface area contributed by atoms with Gasteiger partial charge in [0.2, 0.25) is 0 Å². The zero-order valence-corrected chi connectivity index (χ0v) is 9.82. The maximum Gasteiger partial charge on any atom is 0.410 e. The zero-order valence-electron chi connectivity index (χ0n) is 9.82. The molecule has 0 spiro atoms. The minimum absolute atomic E-state index is 0.0275. The van der Waals surface area contributed by atoms with Gasteiger partial charge in [-0.2, -0.15) is 5.26 Å². The van der Waals surface area contributed by atoms with Gasteiger partial charge in [0.05, 0.1) is 25.6 Å². The van der Waals surface area contributed by atoms with Gasteiger partial charge in [-0.25, -0.2) is 4.79 Å². The summed E-state index contributed by atoms with van der Waals surface area (Å²) >= 11 is 0. The largest absolute Gasteiger partial charge is 0.444 e. The number of amides is 1. The van der Waals surface area contributed by atoms with Crippen LogP contribution in [0.5, 0.6) is 0 Å². The third-order valence-electron chi connectivity index (χ3n) is 2.78. The van der Waals surface area contributed by atoms with Crippen LogP contribution in [0.15, 0.2) is 0 Å². The molecule has 2 rings (SSSR count). The van der Waals surface area contributed by atoms with E-state index in [9.17, 15) is 4.79 Å². The molecule has 0 aromatic heterocycles. The van der Waals surface area contributed by atoms with Gasteiger partial charge in [0.25, 0.3) is 0 Å². The lowest BCUT2D eigenvalue weighted by atomic mass is 10.1. The minimum Gasteiger partial charge on any atom is -0.444 e. The SMILES string of the molecule is CC(C)(C)OC(=O)N1CC2OC2(CC#N)C1. The van der Waals surface area contributed by atoms with Gasteiger partial charge in [-0.1, -0.05) is 0 Å². The average molecular weight is 224 g/mol. The minimum atomic E-state index is -0.479. The molecule has 2 aliphatic rings. The smallest absolute Gasteiger partial charge is 0.410 e. The third kappa shape index (κ3) is 1.98. The Labute approximate surface area is 94.9 Å². The van der Waals surface area contributed by atoms with E-state index in [0.717, 1.165) is 0 Å². The van der Waals surface area contributed by atoms with Crippen LogP contribution >= 0.6 is 0 Å². The molecule has 0 bridgehead atoms. The molecule has 0 aromatic carbocycles. The van der Waals surface area contributed by atoms with Crippen LogP contribution in [-0.4, -0.2) is 41.4 Å². The van der Waals surface area contributed by atoms with Crippen molar-refractivity contribution >= 4 is 6.09 Å². The van der Waals surface area contributed by atoms with Crippen LogP contribution in [0.1, 0.15) is 27.2 Å². The van der Waals surface area contributed by atoms with Gasteiger partial charge in [-0.05, 0) is 20.8 Å². The number of fused-ring (bicyclic) bond motifs is 1. The van der Waals surface area contributed by atoms with Crippen molar-refractivity contribution in [3.05, 3.63) is 0 Å². The van der Waals surface area contributed by atoms with Gasteiger partial charge in [0.15, 0.2) is 0 Å². The Bertz CT molecular complexity index is 355. The van der Waals surface area contributed by atoms with Crippen LogP contribution in [0.25, 0.3) is 0 Å². The summed E-state index contributed by atoms with van der Waals surface area (Å²) in [6.45, 7) is 6.52. The Morgan fingerprint density at radius 2 is 2.38 bits per heavy atom. The molecule has 2 unspecified atom stereocenters. The lowest BCUT2D eigenvalue weighted by Crippen LogP contribution is -2.38. The molecule has 0 N–H and O–H groups in total. The standard InChI is InChI=1S/C11H16N2O3/c1-10(2,3)16-9(14)13-6-8-11(7-13,15-8)4-5-12/h8H,4,6-7H2,1-3H3. The van der Waals surface area contributed by atoms with Crippen LogP contribution in [-0.2, 0) is 9.47 Å². The molecule has 2 fully saturated rings. The van der Waals surface area contributed by atoms with Gasteiger partial charge in [0.1, 0.15) is 17.3 Å². The molecule has 0 aliphatic carbocycles. The Morgan fingerprint density at radius 1 is 1.69 bits per heavy atom. The molecule has 2 atom stereocenters. The molecular formula is C11H16N2O3. The summed E-state index contributed by atoms with van der Waals surface area (Å²) in [5.74, 6) is 0. The van der Waals surface area contributed by atoms with Gasteiger partial charge < -0.3 is 14.4 Å². The molecular weight excluding hydrogens is 208 g/mol. The summed E-state index contributed by atoms with van der Waals surface area (Å²) < 4.78 is 10.7. The highest BCUT2D eigenvalue weighted by Gasteiger charge is 2.63. The first-order valence-corrected chi connectivity index (χ1v) is 5.39. The van der Waals surface area contributed by atoms with Crippen molar-refractivity contribution in [2.24, 2.45) is 0 Å². The Hall–Kier alpha value is -1.28. The maximum atomic E-state index is 11.7. The highest BCUT2D eigenvalue weighted by molar-refractivity contribution is 5.69. The van der Waals surface area contributed by atoms with E-state index >= 15 is 0 Å². The fraction of sp³-hybridized carbons (Fsp3) is 0.818. The summed E-state index contributed by atoms with van der Waals surface area (Å²) in [6, 6.07) is 2.10. The summed E-state index contributed by atoms with van der Waals surface area (Å²) in [6.07, 6.45) is 0.0528. The second-order valence-electron chi connectivity index (χ2n) is 5.37. The van der Waals surface area contributed by atoms with E-state index in [1.165, 1.54) is 0 Å². The van der Waals surface area contributed by atoms with E-state index in [4.69, 9.17) is 14.7 Å². The van der Waals surface area contributed by atoms with Crippen molar-refractivity contribution in [2.45, 2.75) is 44.5 Å². The summed E-state index contributed by atoms with van der Waals surface area (Å²) in [7, 11) is 0. The number of nitriles is 1. The predicted molar refractivity (Wildman–Crippen MR) is 55.6 cm³/mol. The maximum absolute atomic E-state index is 11.7. The van der Waals surface area contributed by atoms with Crippen molar-refractivity contribution in [1.29, 1.82) is 5.26 Å². The van der Waals surface area contributed by atoms with Crippen molar-refractivity contribution in [3.63, 3.8) is 0 Å². The van der Waals surface area contributed by atoms with Crippen molar-refractivity contribution in [1.82, 2.24) is 4.90 Å². The van der Waals surface area contributed by atoms with E-state index in [1.54, 1.807) is 4.90 Å². The monoisotopic (exact) mass is 224 g/mol. The fourth-order valence-electron chi connectivity index (χ4n) is 1.99. The van der Waals surface area contributed by atoms with Crippen LogP contribution in [0.2, 0.25) is 0 Å². The van der Waals surface area contributed by atoms with E-state index in [1.807, 2.05) is 20.8 Å². The fourth-order valence-corrected chi connectivity index (χ4v) is 1.99. The van der Waals surface area contributed by atoms with Gasteiger partial charge in [0, 0.05) is 0 Å². The summed E-state index contributed by atoms with van der Waals surface area (Å²) in [5, 5.41) is 8.67. The highest BCUT2D eigenvalue weighted by Crippen LogP contribution is 2.45. The highest BCUT2D eigenvalue weighted by atomic mass is 16.6. The van der Waals surface area contributed by atoms with Crippen LogP contribution < -0.4 is 0 Å². The van der Waals surface area contributed by atoms with Crippen LogP contribution in [0, 0.1) is 11.3 Å². The van der Waals surface area contributed by atoms with Crippen molar-refractivity contribution in [2.75, 3.05) is 13.1 Å². The van der Waals surface area contributed by atoms with E-state index in [0.29, 0.717) is 19.5 Å². The Balaban J connectivity index is 1.91. The van der Waals surface area contributed by atoms with Crippen molar-refractivity contribution < 1.29 is 14.3 Å². The molecule has 88 valence electrons. The second kappa shape index (κ2) is 3.36. The number of ether oxygens (including phenoxy) is 2. The second-order valence-corrected chi connectivity index (χ2v) is 5.37. The summed E-state index contributed by atoms with van der Waals surface area (Å²) in [4.78, 5) is 13.4. The van der Waals surface area contributed by atoms with Crippen LogP contribution in [0.4, 0.5) is 4.79 Å². The molecule has 1 amide bonds. The number of hydrogen-bond acceptors (Lipinski definition) is 4. The number of likely N-dealkylation sites (tertiary alicyclic amines) is 1. The van der Waals surface area contributed by atoms with Crippen LogP contribution in [0.3, 0.4) is 0 Å². The quantitative estimate of drug-likeness (QED) is 0.629. The Kier molecular flexibility index (Phi) is 2.35. The number of morpholine rings is 1. The lowest BCUT2D eigenvalue weighted by molar-refractivity contribution is 0.0198. The normalized spacial score (nSPS) is 31.9. The number of carbonyl (C=O) groups is 1. The van der Waals surface area contributed by atoms with Gasteiger partial charge in [-0.15, -0.1) is 0 Å². The van der Waals surface area contributed by atoms with E-state index in [-0.39, 0.29) is 12.2 Å². The molecule has 2 saturated heterocycles. The molecule has 0 radical (unpaired) electrons. The molecule has 0 saturated carbocycles. The van der Waals surface area contributed by atoms with E-state index < -0.39 is 11.2 Å². The van der Waals surface area contributed by atoms with Gasteiger partial charge >= 0.3 is 6.09 Å². The number of nitrogens with zero attached hydrogens (tertiary/aromatic N) is 2. The van der Waals surface area contributed by atoms with Crippen molar-refractivity contribution in [3.8, 4) is 6.07 Å². The number of carbonyl (C=O) groups excluding carboxylic acids is 1. The number of epoxide rings is 1. The predicted octanol–water partition coefficient (Wildman–Crippen LogP) is 1.29. The Morgan fingerprint density at radius 3 is 2.94 bits per heavy atom. The summed E-state index contributed by atoms with van der Waals surface area (Å²) in [5.41, 5.74) is -0.876. The molecule has 0 aromatic rings. The molecule has 16 heavy (non-hydrogen) atoms. The topological polar surface area (TPSA) is 65.9 Å². The third-order valence-corrected chi connectivity index (χ3v) is 2.78. The lowest BCUT2D eigenvalue weighted by Gasteiger charge is -2.25. The molecule has 5 heteroatoms. The number of hydrogen-bond donors (Lipinski definition) is 0. The average Bonchev–Trinajstić information content (AvgIpc) is 2.65. The molecule has 5 nitrogen and oxygen atoms in total. The van der Waals surface area contributed by atoms with Gasteiger partial charge in [-0.3, -0.25) is 0 Å². The first-order chi connectivity index (χ1) is 7.36. The zero-order chi connectivity index (χ0) is 12.0. The first-order valence-electron chi connectivity index (χ1n) is 5.39. The first kappa shape index (κ1) is 11.2. The van der Waals surface area contributed by atoms with E-state index in [2.05, 4.69) is 6.07 Å².